The molecule has 0 unspecified atom stereocenters. The van der Waals surface area contributed by atoms with Crippen molar-refractivity contribution >= 4 is 24.0 Å². The number of nitrogens with zero attached hydrogens (tertiary/aromatic N) is 4. The predicted octanol–water partition coefficient (Wildman–Crippen LogP) is 5.46. The fourth-order valence-corrected chi connectivity index (χ4v) is 7.15. The molecule has 0 bridgehead atoms. The summed E-state index contributed by atoms with van der Waals surface area (Å²) >= 11 is 0. The molecule has 4 heterocycles. The second-order valence-corrected chi connectivity index (χ2v) is 13.3. The summed E-state index contributed by atoms with van der Waals surface area (Å²) in [5, 5.41) is 2.68. The average Bonchev–Trinajstić information content (AvgIpc) is 4.06. The first kappa shape index (κ1) is 36.5. The monoisotopic (exact) mass is 740 g/mol. The van der Waals surface area contributed by atoms with Gasteiger partial charge in [0, 0.05) is 42.2 Å². The Morgan fingerprint density at radius 2 is 1.38 bits per heavy atom. The van der Waals surface area contributed by atoms with E-state index in [9.17, 15) is 19.2 Å². The molecule has 14 heteroatoms. The van der Waals surface area contributed by atoms with Gasteiger partial charge >= 0.3 is 12.2 Å². The fourth-order valence-electron chi connectivity index (χ4n) is 7.15. The molecule has 55 heavy (non-hydrogen) atoms. The molecule has 280 valence electrons. The number of H-pyrrole nitrogens is 2. The van der Waals surface area contributed by atoms with Crippen LogP contribution < -0.4 is 11.1 Å². The number of ether oxygens (including phenoxy) is 2. The molecule has 3 aromatic carbocycles. The zero-order chi connectivity index (χ0) is 38.3. The van der Waals surface area contributed by atoms with E-state index in [1.165, 1.54) is 7.11 Å². The summed E-state index contributed by atoms with van der Waals surface area (Å²) in [5.41, 5.74) is 9.42. The van der Waals surface area contributed by atoms with Crippen molar-refractivity contribution in [2.75, 3.05) is 20.2 Å². The van der Waals surface area contributed by atoms with Gasteiger partial charge in [0.1, 0.15) is 23.4 Å². The molecule has 5 aromatic rings. The Morgan fingerprint density at radius 1 is 0.782 bits per heavy atom. The number of methoxy groups -OCH3 is 1. The highest BCUT2D eigenvalue weighted by atomic mass is 16.6. The molecule has 7 rings (SSSR count). The quantitative estimate of drug-likeness (QED) is 0.143. The van der Waals surface area contributed by atoms with Crippen LogP contribution in [0.2, 0.25) is 0 Å². The Kier molecular flexibility index (Phi) is 10.9. The van der Waals surface area contributed by atoms with Gasteiger partial charge in [-0.1, -0.05) is 78.7 Å². The third kappa shape index (κ3) is 8.21. The maximum absolute atomic E-state index is 13.8. The molecule has 0 saturated carbocycles. The third-order valence-electron chi connectivity index (χ3n) is 9.80. The summed E-state index contributed by atoms with van der Waals surface area (Å²) in [4.78, 5) is 70.7. The van der Waals surface area contributed by atoms with Crippen LogP contribution in [0.3, 0.4) is 0 Å². The van der Waals surface area contributed by atoms with E-state index in [0.29, 0.717) is 53.7 Å². The van der Waals surface area contributed by atoms with Crippen LogP contribution in [-0.2, 0) is 19.1 Å². The highest BCUT2D eigenvalue weighted by molar-refractivity contribution is 5.87. The van der Waals surface area contributed by atoms with E-state index in [0.717, 1.165) is 30.4 Å². The van der Waals surface area contributed by atoms with Gasteiger partial charge in [0.15, 0.2) is 0 Å². The molecule has 2 aliphatic rings. The first-order valence-corrected chi connectivity index (χ1v) is 18.0. The number of aromatic amines is 2. The number of amides is 4. The van der Waals surface area contributed by atoms with Gasteiger partial charge in [-0.15, -0.1) is 0 Å². The SMILES string of the molecule is COC(=O)N[C@@H](C(=O)N1CCC[C@H]1c1nc(C#Cc2ccc(-c3c[nH]c([C@@H]4CCCN4C(=O)[C@H](OC(N)=O)c4ccccc4)n3)cc2)c[nH]1)c1ccccc1. The number of likely N-dealkylation sites (tertiary alicyclic amines) is 2. The molecule has 0 aliphatic carbocycles. The number of primary amides is 1. The van der Waals surface area contributed by atoms with Crippen molar-refractivity contribution in [2.45, 2.75) is 49.9 Å². The minimum Gasteiger partial charge on any atom is -0.453 e. The predicted molar refractivity (Wildman–Crippen MR) is 201 cm³/mol. The van der Waals surface area contributed by atoms with E-state index >= 15 is 0 Å². The van der Waals surface area contributed by atoms with Gasteiger partial charge in [-0.2, -0.15) is 0 Å². The number of rotatable bonds is 9. The number of hydrogen-bond donors (Lipinski definition) is 4. The minimum absolute atomic E-state index is 0.243. The number of carbonyl (C=O) groups is 4. The topological polar surface area (TPSA) is 189 Å². The van der Waals surface area contributed by atoms with Crippen molar-refractivity contribution in [3.63, 3.8) is 0 Å². The average molecular weight is 741 g/mol. The normalized spacial score (nSPS) is 17.5. The molecule has 2 saturated heterocycles. The Labute approximate surface area is 317 Å². The lowest BCUT2D eigenvalue weighted by molar-refractivity contribution is -0.141. The van der Waals surface area contributed by atoms with E-state index in [2.05, 4.69) is 27.1 Å². The van der Waals surface area contributed by atoms with Crippen LogP contribution in [0.15, 0.2) is 97.3 Å². The molecule has 0 spiro atoms. The molecule has 5 N–H and O–H groups in total. The lowest BCUT2D eigenvalue weighted by atomic mass is 10.1. The van der Waals surface area contributed by atoms with E-state index < -0.39 is 24.3 Å². The smallest absolute Gasteiger partial charge is 0.407 e. The van der Waals surface area contributed by atoms with Gasteiger partial charge in [-0.3, -0.25) is 9.59 Å². The third-order valence-corrected chi connectivity index (χ3v) is 9.80. The number of hydrogen-bond acceptors (Lipinski definition) is 8. The van der Waals surface area contributed by atoms with Gasteiger partial charge in [0.25, 0.3) is 11.8 Å². The lowest BCUT2D eigenvalue weighted by Crippen LogP contribution is -2.42. The summed E-state index contributed by atoms with van der Waals surface area (Å²) in [5.74, 6) is 6.95. The summed E-state index contributed by atoms with van der Waals surface area (Å²) < 4.78 is 10.1. The molecule has 14 nitrogen and oxygen atoms in total. The van der Waals surface area contributed by atoms with Crippen LogP contribution in [0.1, 0.15) is 83.9 Å². The molecule has 2 aromatic heterocycles. The van der Waals surface area contributed by atoms with Gasteiger partial charge in [0.2, 0.25) is 6.10 Å². The second kappa shape index (κ2) is 16.4. The molecular formula is C41H40N8O6. The van der Waals surface area contributed by atoms with Gasteiger partial charge in [-0.05, 0) is 49.3 Å². The van der Waals surface area contributed by atoms with E-state index in [1.54, 1.807) is 52.4 Å². The summed E-state index contributed by atoms with van der Waals surface area (Å²) in [7, 11) is 1.26. The van der Waals surface area contributed by atoms with Crippen molar-refractivity contribution in [1.29, 1.82) is 0 Å². The van der Waals surface area contributed by atoms with E-state index in [1.807, 2.05) is 54.7 Å². The lowest BCUT2D eigenvalue weighted by Gasteiger charge is -2.28. The Balaban J connectivity index is 1.01. The standard InChI is InChI=1S/C41H40N8O6/c1-54-41(53)47-34(28-10-4-2-5-11-28)38(50)48-22-8-14-32(48)36-43-24-30(45-36)21-18-26-16-19-27(20-17-26)31-25-44-37(46-31)33-15-9-23-49(33)39(51)35(55-40(42)52)29-12-6-3-7-13-29/h2-7,10-13,16-17,19-20,24-25,32-35H,8-9,14-15,22-23H2,1H3,(H2,42,52)(H,43,45)(H,44,46)(H,47,53)/t32-,33-,34+,35+/m0/s1. The van der Waals surface area contributed by atoms with Crippen LogP contribution in [0.25, 0.3) is 11.3 Å². The molecule has 4 amide bonds. The molecule has 2 fully saturated rings. The molecule has 2 aliphatic heterocycles. The van der Waals surface area contributed by atoms with E-state index in [-0.39, 0.29) is 23.9 Å². The number of imidazole rings is 2. The summed E-state index contributed by atoms with van der Waals surface area (Å²) in [6, 6.07) is 24.0. The van der Waals surface area contributed by atoms with Crippen molar-refractivity contribution in [2.24, 2.45) is 5.73 Å². The Morgan fingerprint density at radius 3 is 2.02 bits per heavy atom. The largest absolute Gasteiger partial charge is 0.453 e. The highest BCUT2D eigenvalue weighted by Crippen LogP contribution is 2.35. The maximum atomic E-state index is 13.8. The van der Waals surface area contributed by atoms with Crippen molar-refractivity contribution < 1.29 is 28.7 Å². The minimum atomic E-state index is -1.15. The van der Waals surface area contributed by atoms with Crippen LogP contribution in [0.4, 0.5) is 9.59 Å². The van der Waals surface area contributed by atoms with Crippen LogP contribution in [0.5, 0.6) is 0 Å². The number of aromatic nitrogens is 4. The number of carbonyl (C=O) groups excluding carboxylic acids is 4. The molecular weight excluding hydrogens is 701 g/mol. The van der Waals surface area contributed by atoms with Crippen LogP contribution in [-0.4, -0.2) is 73.9 Å². The second-order valence-electron chi connectivity index (χ2n) is 13.3. The molecule has 0 radical (unpaired) electrons. The van der Waals surface area contributed by atoms with Gasteiger partial charge in [-0.25, -0.2) is 19.6 Å². The number of alkyl carbamates (subject to hydrolysis) is 1. The van der Waals surface area contributed by atoms with Gasteiger partial charge in [0.05, 0.1) is 24.9 Å². The number of nitrogens with one attached hydrogen (secondary N) is 3. The Hall–Kier alpha value is -6.88. The maximum Gasteiger partial charge on any atom is 0.407 e. The number of benzene rings is 3. The first-order chi connectivity index (χ1) is 26.8. The fraction of sp³-hybridized carbons (Fsp3) is 0.268. The number of nitrogens with two attached hydrogens (primary N) is 1. The van der Waals surface area contributed by atoms with Crippen LogP contribution in [0, 0.1) is 11.8 Å². The highest BCUT2D eigenvalue weighted by Gasteiger charge is 2.39. The Bertz CT molecular complexity index is 2210. The summed E-state index contributed by atoms with van der Waals surface area (Å²) in [6.45, 7) is 1.02. The van der Waals surface area contributed by atoms with Crippen molar-refractivity contribution in [3.8, 4) is 23.1 Å². The molecule has 4 atom stereocenters. The first-order valence-electron chi connectivity index (χ1n) is 18.0. The van der Waals surface area contributed by atoms with Crippen molar-refractivity contribution in [3.05, 3.63) is 131 Å². The zero-order valence-corrected chi connectivity index (χ0v) is 30.1. The van der Waals surface area contributed by atoms with Crippen LogP contribution >= 0.6 is 0 Å². The van der Waals surface area contributed by atoms with Gasteiger partial charge < -0.3 is 40.3 Å². The van der Waals surface area contributed by atoms with Crippen molar-refractivity contribution in [1.82, 2.24) is 35.1 Å². The zero-order valence-electron chi connectivity index (χ0n) is 30.1. The van der Waals surface area contributed by atoms with E-state index in [4.69, 9.17) is 25.2 Å². The summed E-state index contributed by atoms with van der Waals surface area (Å²) in [6.07, 6.45) is 3.67.